The number of nitrogens with one attached hydrogen (secondary N) is 1. The van der Waals surface area contributed by atoms with Crippen molar-refractivity contribution in [1.29, 1.82) is 0 Å². The number of aromatic nitrogens is 3. The van der Waals surface area contributed by atoms with Crippen LogP contribution in [0.25, 0.3) is 0 Å². The second-order valence-corrected chi connectivity index (χ2v) is 4.15. The lowest BCUT2D eigenvalue weighted by molar-refractivity contribution is 0.102. The molecule has 0 aliphatic rings. The molecule has 1 amide bonds. The van der Waals surface area contributed by atoms with E-state index < -0.39 is 0 Å². The van der Waals surface area contributed by atoms with Gasteiger partial charge in [0.15, 0.2) is 5.82 Å². The standard InChI is InChI=1S/C9H11N5OS/c1-5-7(16-4-11-5)9(15)13-8-6(10)3-12-14(8)2/h3-4H,10H2,1-2H3,(H,13,15). The molecule has 16 heavy (non-hydrogen) atoms. The average molecular weight is 237 g/mol. The van der Waals surface area contributed by atoms with Crippen LogP contribution in [0.4, 0.5) is 11.5 Å². The molecule has 0 aliphatic carbocycles. The molecule has 6 nitrogen and oxygen atoms in total. The third-order valence-electron chi connectivity index (χ3n) is 2.15. The number of hydrogen-bond donors (Lipinski definition) is 2. The molecule has 0 saturated heterocycles. The van der Waals surface area contributed by atoms with Crippen LogP contribution in [0, 0.1) is 6.92 Å². The van der Waals surface area contributed by atoms with Crippen molar-refractivity contribution in [2.75, 3.05) is 11.1 Å². The fourth-order valence-corrected chi connectivity index (χ4v) is 1.99. The normalized spacial score (nSPS) is 10.4. The summed E-state index contributed by atoms with van der Waals surface area (Å²) in [6.45, 7) is 1.79. The van der Waals surface area contributed by atoms with Crippen molar-refractivity contribution in [3.8, 4) is 0 Å². The second-order valence-electron chi connectivity index (χ2n) is 3.29. The van der Waals surface area contributed by atoms with Gasteiger partial charge in [0.1, 0.15) is 4.88 Å². The average Bonchev–Trinajstić information content (AvgIpc) is 2.79. The summed E-state index contributed by atoms with van der Waals surface area (Å²) in [5, 5.41) is 6.65. The number of rotatable bonds is 2. The highest BCUT2D eigenvalue weighted by Crippen LogP contribution is 2.19. The van der Waals surface area contributed by atoms with E-state index >= 15 is 0 Å². The first kappa shape index (κ1) is 10.6. The molecule has 84 valence electrons. The number of nitrogens with zero attached hydrogens (tertiary/aromatic N) is 3. The molecule has 2 aromatic heterocycles. The van der Waals surface area contributed by atoms with E-state index in [0.717, 1.165) is 0 Å². The van der Waals surface area contributed by atoms with Crippen LogP contribution in [0.3, 0.4) is 0 Å². The minimum absolute atomic E-state index is 0.213. The zero-order chi connectivity index (χ0) is 11.7. The van der Waals surface area contributed by atoms with E-state index in [9.17, 15) is 4.79 Å². The first-order chi connectivity index (χ1) is 7.59. The number of carbonyl (C=O) groups excluding carboxylic acids is 1. The van der Waals surface area contributed by atoms with Gasteiger partial charge in [-0.25, -0.2) is 4.98 Å². The third kappa shape index (κ3) is 1.76. The van der Waals surface area contributed by atoms with Gasteiger partial charge in [-0.1, -0.05) is 0 Å². The smallest absolute Gasteiger partial charge is 0.268 e. The summed E-state index contributed by atoms with van der Waals surface area (Å²) >= 11 is 1.30. The number of carbonyl (C=O) groups is 1. The first-order valence-electron chi connectivity index (χ1n) is 4.58. The summed E-state index contributed by atoms with van der Waals surface area (Å²) in [5.74, 6) is 0.285. The molecule has 0 aromatic carbocycles. The molecular weight excluding hydrogens is 226 g/mol. The van der Waals surface area contributed by atoms with Gasteiger partial charge in [0.05, 0.1) is 23.1 Å². The Hall–Kier alpha value is -1.89. The Balaban J connectivity index is 2.24. The molecule has 0 spiro atoms. The number of thiazole rings is 1. The summed E-state index contributed by atoms with van der Waals surface area (Å²) in [7, 11) is 1.71. The van der Waals surface area contributed by atoms with Gasteiger partial charge in [-0.15, -0.1) is 11.3 Å². The molecule has 0 saturated carbocycles. The van der Waals surface area contributed by atoms with Crippen molar-refractivity contribution in [3.05, 3.63) is 22.3 Å². The highest BCUT2D eigenvalue weighted by atomic mass is 32.1. The van der Waals surface area contributed by atoms with E-state index in [1.54, 1.807) is 19.5 Å². The molecule has 3 N–H and O–H groups in total. The fourth-order valence-electron chi connectivity index (χ4n) is 1.29. The number of nitrogen functional groups attached to an aromatic ring is 1. The Morgan fingerprint density at radius 1 is 1.62 bits per heavy atom. The maximum atomic E-state index is 11.9. The molecule has 2 rings (SSSR count). The molecule has 0 fully saturated rings. The van der Waals surface area contributed by atoms with E-state index in [1.165, 1.54) is 22.2 Å². The van der Waals surface area contributed by atoms with Gasteiger partial charge < -0.3 is 11.1 Å². The minimum Gasteiger partial charge on any atom is -0.394 e. The highest BCUT2D eigenvalue weighted by Gasteiger charge is 2.15. The Bertz CT molecular complexity index is 510. The molecule has 0 aliphatic heterocycles. The van der Waals surface area contributed by atoms with Crippen LogP contribution in [0.5, 0.6) is 0 Å². The summed E-state index contributed by atoms with van der Waals surface area (Å²) in [5.41, 5.74) is 8.46. The van der Waals surface area contributed by atoms with E-state index in [4.69, 9.17) is 5.73 Å². The van der Waals surface area contributed by atoms with Crippen molar-refractivity contribution in [2.45, 2.75) is 6.92 Å². The minimum atomic E-state index is -0.213. The topological polar surface area (TPSA) is 85.8 Å². The van der Waals surface area contributed by atoms with Gasteiger partial charge in [-0.2, -0.15) is 5.10 Å². The van der Waals surface area contributed by atoms with Gasteiger partial charge in [0.2, 0.25) is 0 Å². The van der Waals surface area contributed by atoms with Gasteiger partial charge in [0, 0.05) is 7.05 Å². The van der Waals surface area contributed by atoms with Gasteiger partial charge >= 0.3 is 0 Å². The third-order valence-corrected chi connectivity index (χ3v) is 3.08. The van der Waals surface area contributed by atoms with Crippen molar-refractivity contribution in [1.82, 2.24) is 14.8 Å². The maximum absolute atomic E-state index is 11.9. The first-order valence-corrected chi connectivity index (χ1v) is 5.46. The maximum Gasteiger partial charge on any atom is 0.268 e. The van der Waals surface area contributed by atoms with Crippen molar-refractivity contribution >= 4 is 28.7 Å². The summed E-state index contributed by atoms with van der Waals surface area (Å²) in [4.78, 5) is 16.5. The number of nitrogens with two attached hydrogens (primary N) is 1. The van der Waals surface area contributed by atoms with Crippen LogP contribution in [-0.4, -0.2) is 20.7 Å². The number of anilines is 2. The quantitative estimate of drug-likeness (QED) is 0.816. The molecule has 0 radical (unpaired) electrons. The lowest BCUT2D eigenvalue weighted by atomic mass is 10.3. The monoisotopic (exact) mass is 237 g/mol. The Morgan fingerprint density at radius 2 is 2.38 bits per heavy atom. The van der Waals surface area contributed by atoms with Gasteiger partial charge in [0.25, 0.3) is 5.91 Å². The van der Waals surface area contributed by atoms with Crippen molar-refractivity contribution in [3.63, 3.8) is 0 Å². The predicted molar refractivity (Wildman–Crippen MR) is 62.4 cm³/mol. The molecular formula is C9H11N5OS. The number of hydrogen-bond acceptors (Lipinski definition) is 5. The molecule has 0 atom stereocenters. The van der Waals surface area contributed by atoms with E-state index in [0.29, 0.717) is 22.1 Å². The summed E-state index contributed by atoms with van der Waals surface area (Å²) < 4.78 is 1.52. The summed E-state index contributed by atoms with van der Waals surface area (Å²) in [6.07, 6.45) is 1.50. The molecule has 0 unspecified atom stereocenters. The Kier molecular flexibility index (Phi) is 2.61. The van der Waals surface area contributed by atoms with Crippen LogP contribution in [0.1, 0.15) is 15.4 Å². The van der Waals surface area contributed by atoms with E-state index in [1.807, 2.05) is 0 Å². The number of amides is 1. The van der Waals surface area contributed by atoms with Crippen LogP contribution < -0.4 is 11.1 Å². The van der Waals surface area contributed by atoms with Crippen LogP contribution >= 0.6 is 11.3 Å². The zero-order valence-corrected chi connectivity index (χ0v) is 9.71. The number of aryl methyl sites for hydroxylation is 2. The second kappa shape index (κ2) is 3.93. The SMILES string of the molecule is Cc1ncsc1C(=O)Nc1c(N)cnn1C. The van der Waals surface area contributed by atoms with Crippen LogP contribution in [0.15, 0.2) is 11.7 Å². The Labute approximate surface area is 96.1 Å². The molecule has 2 heterocycles. The van der Waals surface area contributed by atoms with Crippen molar-refractivity contribution < 1.29 is 4.79 Å². The summed E-state index contributed by atoms with van der Waals surface area (Å²) in [6, 6.07) is 0. The van der Waals surface area contributed by atoms with Crippen molar-refractivity contribution in [2.24, 2.45) is 7.05 Å². The Morgan fingerprint density at radius 3 is 2.88 bits per heavy atom. The zero-order valence-electron chi connectivity index (χ0n) is 8.89. The van der Waals surface area contributed by atoms with E-state index in [-0.39, 0.29) is 5.91 Å². The molecule has 2 aromatic rings. The van der Waals surface area contributed by atoms with E-state index in [2.05, 4.69) is 15.4 Å². The van der Waals surface area contributed by atoms with Gasteiger partial charge in [-0.05, 0) is 6.92 Å². The lowest BCUT2D eigenvalue weighted by Crippen LogP contribution is -2.15. The highest BCUT2D eigenvalue weighted by molar-refractivity contribution is 7.12. The molecule has 0 bridgehead atoms. The largest absolute Gasteiger partial charge is 0.394 e. The van der Waals surface area contributed by atoms with Crippen LogP contribution in [0.2, 0.25) is 0 Å². The predicted octanol–water partition coefficient (Wildman–Crippen LogP) is 1.02. The van der Waals surface area contributed by atoms with Gasteiger partial charge in [-0.3, -0.25) is 9.48 Å². The van der Waals surface area contributed by atoms with Crippen LogP contribution in [-0.2, 0) is 7.05 Å². The fraction of sp³-hybridized carbons (Fsp3) is 0.222. The lowest BCUT2D eigenvalue weighted by Gasteiger charge is -2.05. The molecule has 7 heteroatoms.